The number of nitrogen functional groups attached to an aromatic ring is 1. The highest BCUT2D eigenvalue weighted by Gasteiger charge is 2.18. The Labute approximate surface area is 93.8 Å². The summed E-state index contributed by atoms with van der Waals surface area (Å²) in [5.74, 6) is 2.50. The Morgan fingerprint density at radius 1 is 1.47 bits per heavy atom. The van der Waals surface area contributed by atoms with Gasteiger partial charge in [-0.25, -0.2) is 9.18 Å². The normalized spacial score (nSPS) is 10.5. The minimum absolute atomic E-state index is 0.0148. The van der Waals surface area contributed by atoms with E-state index in [0.717, 1.165) is 0 Å². The molecule has 6 nitrogen and oxygen atoms in total. The summed E-state index contributed by atoms with van der Waals surface area (Å²) in [4.78, 5) is 24.4. The lowest BCUT2D eigenvalue weighted by Crippen LogP contribution is -2.20. The summed E-state index contributed by atoms with van der Waals surface area (Å²) in [5.41, 5.74) is 1.09. The van der Waals surface area contributed by atoms with Gasteiger partial charge in [-0.05, 0) is 18.2 Å². The number of halogens is 1. The molecule has 0 saturated carbocycles. The highest BCUT2D eigenvalue weighted by molar-refractivity contribution is 5.93. The number of hydrazine groups is 1. The topological polar surface area (TPSA) is 108 Å². The Balaban J connectivity index is 2.86. The van der Waals surface area contributed by atoms with Crippen molar-refractivity contribution in [1.29, 1.82) is 0 Å². The minimum Gasteiger partial charge on any atom is -0.477 e. The number of carboxylic acids is 1. The number of aromatic nitrogens is 1. The van der Waals surface area contributed by atoms with Crippen molar-refractivity contribution in [3.63, 3.8) is 0 Å². The van der Waals surface area contributed by atoms with Gasteiger partial charge in [-0.15, -0.1) is 0 Å². The fraction of sp³-hybridized carbons (Fsp3) is 0. The smallest absolute Gasteiger partial charge is 0.344 e. The van der Waals surface area contributed by atoms with Crippen LogP contribution in [-0.4, -0.2) is 16.1 Å². The van der Waals surface area contributed by atoms with E-state index in [-0.39, 0.29) is 10.9 Å². The maximum absolute atomic E-state index is 13.8. The van der Waals surface area contributed by atoms with Crippen LogP contribution in [0.1, 0.15) is 10.4 Å². The second-order valence-electron chi connectivity index (χ2n) is 3.35. The van der Waals surface area contributed by atoms with Crippen LogP contribution in [0.4, 0.5) is 10.1 Å². The van der Waals surface area contributed by atoms with Crippen molar-refractivity contribution in [3.05, 3.63) is 39.9 Å². The van der Waals surface area contributed by atoms with E-state index in [1.165, 1.54) is 18.2 Å². The maximum Gasteiger partial charge on any atom is 0.344 e. The Morgan fingerprint density at radius 2 is 2.18 bits per heavy atom. The summed E-state index contributed by atoms with van der Waals surface area (Å²) in [6, 6.07) is 4.21. The van der Waals surface area contributed by atoms with Crippen molar-refractivity contribution in [3.8, 4) is 0 Å². The van der Waals surface area contributed by atoms with Crippen LogP contribution in [0.5, 0.6) is 0 Å². The van der Waals surface area contributed by atoms with Gasteiger partial charge in [0.15, 0.2) is 11.4 Å². The Hall–Kier alpha value is -2.41. The molecule has 17 heavy (non-hydrogen) atoms. The molecule has 5 N–H and O–H groups in total. The maximum atomic E-state index is 13.8. The lowest BCUT2D eigenvalue weighted by Gasteiger charge is -2.05. The number of rotatable bonds is 2. The van der Waals surface area contributed by atoms with Gasteiger partial charge >= 0.3 is 5.97 Å². The van der Waals surface area contributed by atoms with Crippen LogP contribution in [0.15, 0.2) is 23.0 Å². The van der Waals surface area contributed by atoms with Crippen LogP contribution >= 0.6 is 0 Å². The second-order valence-corrected chi connectivity index (χ2v) is 3.35. The van der Waals surface area contributed by atoms with Gasteiger partial charge in [-0.2, -0.15) is 0 Å². The molecule has 0 fully saturated rings. The number of aromatic carboxylic acids is 1. The van der Waals surface area contributed by atoms with E-state index in [0.29, 0.717) is 5.69 Å². The highest BCUT2D eigenvalue weighted by Crippen LogP contribution is 2.20. The number of H-pyrrole nitrogens is 1. The molecule has 0 bridgehead atoms. The standard InChI is InChI=1S/C10H8FN3O3/c11-8-5-2-1-4(14-12)3-6(5)13-9(15)7(8)10(16)17/h1-3,14H,12H2,(H,13,15)(H,16,17). The first-order valence-electron chi connectivity index (χ1n) is 4.60. The fourth-order valence-electron chi connectivity index (χ4n) is 1.54. The second kappa shape index (κ2) is 3.87. The van der Waals surface area contributed by atoms with Crippen molar-refractivity contribution < 1.29 is 14.3 Å². The summed E-state index contributed by atoms with van der Waals surface area (Å²) in [7, 11) is 0. The third-order valence-corrected chi connectivity index (χ3v) is 2.33. The number of hydrogen-bond acceptors (Lipinski definition) is 4. The average molecular weight is 237 g/mol. The molecule has 0 aliphatic rings. The number of pyridine rings is 1. The fourth-order valence-corrected chi connectivity index (χ4v) is 1.54. The van der Waals surface area contributed by atoms with Crippen molar-refractivity contribution in [2.45, 2.75) is 0 Å². The van der Waals surface area contributed by atoms with Crippen molar-refractivity contribution >= 4 is 22.6 Å². The van der Waals surface area contributed by atoms with E-state index in [9.17, 15) is 14.0 Å². The van der Waals surface area contributed by atoms with Crippen LogP contribution in [-0.2, 0) is 0 Å². The zero-order chi connectivity index (χ0) is 12.6. The Kier molecular flexibility index (Phi) is 2.52. The molecule has 0 radical (unpaired) electrons. The summed E-state index contributed by atoms with van der Waals surface area (Å²) < 4.78 is 13.8. The Bertz CT molecular complexity index is 666. The van der Waals surface area contributed by atoms with Gasteiger partial charge < -0.3 is 15.5 Å². The van der Waals surface area contributed by atoms with Crippen LogP contribution < -0.4 is 16.8 Å². The van der Waals surface area contributed by atoms with Gasteiger partial charge in [0, 0.05) is 5.39 Å². The van der Waals surface area contributed by atoms with E-state index < -0.39 is 22.9 Å². The average Bonchev–Trinajstić information content (AvgIpc) is 2.27. The number of fused-ring (bicyclic) bond motifs is 1. The molecule has 0 amide bonds. The minimum atomic E-state index is -1.60. The van der Waals surface area contributed by atoms with Gasteiger partial charge in [0.05, 0.1) is 11.2 Å². The highest BCUT2D eigenvalue weighted by atomic mass is 19.1. The molecule has 0 saturated heterocycles. The lowest BCUT2D eigenvalue weighted by molar-refractivity contribution is 0.0690. The number of benzene rings is 1. The number of nitrogens with two attached hydrogens (primary N) is 1. The summed E-state index contributed by atoms with van der Waals surface area (Å²) in [5, 5.41) is 8.73. The zero-order valence-corrected chi connectivity index (χ0v) is 8.45. The first-order valence-corrected chi connectivity index (χ1v) is 4.60. The van der Waals surface area contributed by atoms with Gasteiger partial charge in [-0.1, -0.05) is 0 Å². The summed E-state index contributed by atoms with van der Waals surface area (Å²) >= 11 is 0. The number of hydrogen-bond donors (Lipinski definition) is 4. The van der Waals surface area contributed by atoms with Gasteiger partial charge in [0.1, 0.15) is 0 Å². The van der Waals surface area contributed by atoms with Gasteiger partial charge in [0.2, 0.25) is 0 Å². The van der Waals surface area contributed by atoms with Crippen LogP contribution in [0, 0.1) is 5.82 Å². The molecule has 0 aliphatic carbocycles. The SMILES string of the molecule is NNc1ccc2c(F)c(C(=O)O)c(=O)[nH]c2c1. The predicted molar refractivity (Wildman–Crippen MR) is 59.3 cm³/mol. The number of aromatic amines is 1. The monoisotopic (exact) mass is 237 g/mol. The molecule has 0 atom stereocenters. The molecule has 1 aromatic carbocycles. The molecule has 2 rings (SSSR count). The first kappa shape index (κ1) is 11.1. The van der Waals surface area contributed by atoms with E-state index in [1.807, 2.05) is 0 Å². The Morgan fingerprint density at radius 3 is 2.76 bits per heavy atom. The van der Waals surface area contributed by atoms with Crippen molar-refractivity contribution in [1.82, 2.24) is 4.98 Å². The van der Waals surface area contributed by atoms with Crippen LogP contribution in [0.2, 0.25) is 0 Å². The van der Waals surface area contributed by atoms with Crippen LogP contribution in [0.25, 0.3) is 10.9 Å². The largest absolute Gasteiger partial charge is 0.477 e. The van der Waals surface area contributed by atoms with E-state index in [1.54, 1.807) is 0 Å². The summed E-state index contributed by atoms with van der Waals surface area (Å²) in [6.07, 6.45) is 0. The van der Waals surface area contributed by atoms with E-state index >= 15 is 0 Å². The van der Waals surface area contributed by atoms with E-state index in [2.05, 4.69) is 10.4 Å². The number of carbonyl (C=O) groups is 1. The summed E-state index contributed by atoms with van der Waals surface area (Å²) in [6.45, 7) is 0. The lowest BCUT2D eigenvalue weighted by atomic mass is 10.1. The molecule has 1 aromatic heterocycles. The van der Waals surface area contributed by atoms with Gasteiger partial charge in [-0.3, -0.25) is 10.6 Å². The van der Waals surface area contributed by atoms with Crippen LogP contribution in [0.3, 0.4) is 0 Å². The molecule has 1 heterocycles. The van der Waals surface area contributed by atoms with E-state index in [4.69, 9.17) is 10.9 Å². The number of carboxylic acid groups (broad SMARTS) is 1. The molecule has 0 spiro atoms. The quantitative estimate of drug-likeness (QED) is 0.453. The molecule has 88 valence electrons. The number of nitrogens with one attached hydrogen (secondary N) is 2. The third kappa shape index (κ3) is 1.72. The van der Waals surface area contributed by atoms with Crippen molar-refractivity contribution in [2.75, 3.05) is 5.43 Å². The molecule has 2 aromatic rings. The zero-order valence-electron chi connectivity index (χ0n) is 8.45. The van der Waals surface area contributed by atoms with Crippen molar-refractivity contribution in [2.24, 2.45) is 5.84 Å². The molecule has 0 unspecified atom stereocenters. The predicted octanol–water partition coefficient (Wildman–Crippen LogP) is 0.651. The molecule has 7 heteroatoms. The first-order chi connectivity index (χ1) is 8.04. The molecular weight excluding hydrogens is 229 g/mol. The van der Waals surface area contributed by atoms with Gasteiger partial charge in [0.25, 0.3) is 5.56 Å². The third-order valence-electron chi connectivity index (χ3n) is 2.33. The number of anilines is 1. The molecule has 0 aliphatic heterocycles. The molecular formula is C10H8FN3O3.